The Morgan fingerprint density at radius 3 is 2.79 bits per heavy atom. The smallest absolute Gasteiger partial charge is 0.213 e. The van der Waals surface area contributed by atoms with E-state index in [0.717, 1.165) is 25.8 Å². The van der Waals surface area contributed by atoms with E-state index in [4.69, 9.17) is 0 Å². The standard InChI is InChI=1S/C13H20N2O3S/c16-13-7-2-1-5-11(13)9-15-19(17,18)10-12-6-3-4-8-14-12/h1-2,5,7,12,14-16H,3-4,6,8-10H2. The molecule has 1 fully saturated rings. The van der Waals surface area contributed by atoms with E-state index in [1.807, 2.05) is 0 Å². The van der Waals surface area contributed by atoms with Crippen molar-refractivity contribution in [3.8, 4) is 5.75 Å². The Morgan fingerprint density at radius 2 is 2.11 bits per heavy atom. The van der Waals surface area contributed by atoms with Crippen molar-refractivity contribution in [3.05, 3.63) is 29.8 Å². The number of phenols is 1. The monoisotopic (exact) mass is 284 g/mol. The van der Waals surface area contributed by atoms with E-state index >= 15 is 0 Å². The molecule has 1 unspecified atom stereocenters. The molecular weight excluding hydrogens is 264 g/mol. The molecule has 6 heteroatoms. The van der Waals surface area contributed by atoms with Gasteiger partial charge in [-0.1, -0.05) is 24.6 Å². The van der Waals surface area contributed by atoms with Crippen LogP contribution in [0, 0.1) is 0 Å². The number of piperidine rings is 1. The first-order valence-corrected chi connectivity index (χ1v) is 8.20. The third-order valence-electron chi connectivity index (χ3n) is 3.31. The Morgan fingerprint density at radius 1 is 1.32 bits per heavy atom. The molecule has 0 saturated carbocycles. The van der Waals surface area contributed by atoms with E-state index < -0.39 is 10.0 Å². The second kappa shape index (κ2) is 6.36. The molecule has 0 bridgehead atoms. The number of aromatic hydroxyl groups is 1. The maximum Gasteiger partial charge on any atom is 0.213 e. The minimum atomic E-state index is -3.32. The van der Waals surface area contributed by atoms with Gasteiger partial charge in [-0.25, -0.2) is 13.1 Å². The van der Waals surface area contributed by atoms with Gasteiger partial charge in [0, 0.05) is 18.2 Å². The highest BCUT2D eigenvalue weighted by atomic mass is 32.2. The lowest BCUT2D eigenvalue weighted by molar-refractivity contribution is 0.422. The van der Waals surface area contributed by atoms with E-state index in [9.17, 15) is 13.5 Å². The van der Waals surface area contributed by atoms with E-state index in [1.165, 1.54) is 0 Å². The third-order valence-corrected chi connectivity index (χ3v) is 4.73. The first-order chi connectivity index (χ1) is 9.07. The number of nitrogens with one attached hydrogen (secondary N) is 2. The van der Waals surface area contributed by atoms with Gasteiger partial charge in [0.1, 0.15) is 5.75 Å². The molecule has 0 aromatic heterocycles. The van der Waals surface area contributed by atoms with Crippen LogP contribution in [0.25, 0.3) is 0 Å². The molecule has 0 radical (unpaired) electrons. The number of benzene rings is 1. The number of phenolic OH excluding ortho intramolecular Hbond substituents is 1. The predicted molar refractivity (Wildman–Crippen MR) is 74.4 cm³/mol. The Kier molecular flexibility index (Phi) is 4.79. The van der Waals surface area contributed by atoms with Crippen LogP contribution in [0.1, 0.15) is 24.8 Å². The zero-order valence-corrected chi connectivity index (χ0v) is 11.6. The van der Waals surface area contributed by atoms with Crippen molar-refractivity contribution in [2.24, 2.45) is 0 Å². The summed E-state index contributed by atoms with van der Waals surface area (Å²) in [5.41, 5.74) is 0.586. The number of para-hydroxylation sites is 1. The largest absolute Gasteiger partial charge is 0.508 e. The van der Waals surface area contributed by atoms with Crippen molar-refractivity contribution in [3.63, 3.8) is 0 Å². The lowest BCUT2D eigenvalue weighted by Gasteiger charge is -2.23. The summed E-state index contributed by atoms with van der Waals surface area (Å²) in [6, 6.07) is 6.77. The van der Waals surface area contributed by atoms with Crippen LogP contribution >= 0.6 is 0 Å². The molecular formula is C13H20N2O3S. The topological polar surface area (TPSA) is 78.4 Å². The summed E-state index contributed by atoms with van der Waals surface area (Å²) >= 11 is 0. The van der Waals surface area contributed by atoms with Crippen LogP contribution < -0.4 is 10.0 Å². The van der Waals surface area contributed by atoms with Crippen molar-refractivity contribution in [1.29, 1.82) is 0 Å². The number of sulfonamides is 1. The van der Waals surface area contributed by atoms with Gasteiger partial charge in [0.15, 0.2) is 0 Å². The third kappa shape index (κ3) is 4.49. The van der Waals surface area contributed by atoms with E-state index in [1.54, 1.807) is 24.3 Å². The summed E-state index contributed by atoms with van der Waals surface area (Å²) < 4.78 is 26.4. The molecule has 0 spiro atoms. The molecule has 2 rings (SSSR count). The Balaban J connectivity index is 1.88. The fourth-order valence-electron chi connectivity index (χ4n) is 2.24. The molecule has 1 aliphatic rings. The SMILES string of the molecule is O=S(=O)(CC1CCCCN1)NCc1ccccc1O. The summed E-state index contributed by atoms with van der Waals surface area (Å²) in [4.78, 5) is 0. The molecule has 106 valence electrons. The highest BCUT2D eigenvalue weighted by molar-refractivity contribution is 7.89. The summed E-state index contributed by atoms with van der Waals surface area (Å²) in [6.07, 6.45) is 3.09. The summed E-state index contributed by atoms with van der Waals surface area (Å²) in [6.45, 7) is 1.02. The molecule has 1 aromatic carbocycles. The Labute approximate surface area is 114 Å². The lowest BCUT2D eigenvalue weighted by atomic mass is 10.1. The van der Waals surface area contributed by atoms with Crippen LogP contribution in [0.15, 0.2) is 24.3 Å². The molecule has 1 atom stereocenters. The van der Waals surface area contributed by atoms with Crippen molar-refractivity contribution in [1.82, 2.24) is 10.0 Å². The average molecular weight is 284 g/mol. The second-order valence-electron chi connectivity index (χ2n) is 4.88. The van der Waals surface area contributed by atoms with Gasteiger partial charge in [0.25, 0.3) is 0 Å². The highest BCUT2D eigenvalue weighted by Crippen LogP contribution is 2.15. The molecule has 0 amide bonds. The summed E-state index contributed by atoms with van der Waals surface area (Å²) in [5, 5.41) is 12.8. The Hall–Kier alpha value is -1.11. The predicted octanol–water partition coefficient (Wildman–Crippen LogP) is 0.954. The van der Waals surface area contributed by atoms with Crippen LogP contribution in [0.2, 0.25) is 0 Å². The molecule has 5 nitrogen and oxygen atoms in total. The zero-order chi connectivity index (χ0) is 13.7. The van der Waals surface area contributed by atoms with Gasteiger partial charge < -0.3 is 10.4 Å². The molecule has 0 aliphatic carbocycles. The minimum Gasteiger partial charge on any atom is -0.508 e. The van der Waals surface area contributed by atoms with Crippen LogP contribution in [-0.4, -0.2) is 31.9 Å². The van der Waals surface area contributed by atoms with Gasteiger partial charge in [-0.05, 0) is 25.5 Å². The molecule has 19 heavy (non-hydrogen) atoms. The summed E-state index contributed by atoms with van der Waals surface area (Å²) in [5.74, 6) is 0.210. The first-order valence-electron chi connectivity index (χ1n) is 6.54. The minimum absolute atomic E-state index is 0.0376. The number of rotatable bonds is 5. The van der Waals surface area contributed by atoms with Gasteiger partial charge in [0.05, 0.1) is 5.75 Å². The van der Waals surface area contributed by atoms with Crippen LogP contribution in [0.3, 0.4) is 0 Å². The molecule has 1 aromatic rings. The van der Waals surface area contributed by atoms with E-state index in [-0.39, 0.29) is 24.1 Å². The highest BCUT2D eigenvalue weighted by Gasteiger charge is 2.20. The van der Waals surface area contributed by atoms with Gasteiger partial charge in [0.2, 0.25) is 10.0 Å². The first kappa shape index (κ1) is 14.3. The quantitative estimate of drug-likeness (QED) is 0.752. The Bertz CT molecular complexity index is 510. The molecule has 1 aliphatic heterocycles. The number of hydrogen-bond acceptors (Lipinski definition) is 4. The van der Waals surface area contributed by atoms with Gasteiger partial charge in [-0.2, -0.15) is 0 Å². The van der Waals surface area contributed by atoms with Crippen molar-refractivity contribution in [2.45, 2.75) is 31.8 Å². The van der Waals surface area contributed by atoms with Gasteiger partial charge >= 0.3 is 0 Å². The van der Waals surface area contributed by atoms with Crippen LogP contribution in [-0.2, 0) is 16.6 Å². The van der Waals surface area contributed by atoms with Crippen LogP contribution in [0.4, 0.5) is 0 Å². The van der Waals surface area contributed by atoms with Gasteiger partial charge in [-0.3, -0.25) is 0 Å². The maximum atomic E-state index is 12.0. The number of hydrogen-bond donors (Lipinski definition) is 3. The van der Waals surface area contributed by atoms with Crippen molar-refractivity contribution >= 4 is 10.0 Å². The fraction of sp³-hybridized carbons (Fsp3) is 0.538. The van der Waals surface area contributed by atoms with E-state index in [0.29, 0.717) is 5.56 Å². The van der Waals surface area contributed by atoms with Crippen molar-refractivity contribution < 1.29 is 13.5 Å². The lowest BCUT2D eigenvalue weighted by Crippen LogP contribution is -2.42. The zero-order valence-electron chi connectivity index (χ0n) is 10.8. The molecule has 3 N–H and O–H groups in total. The van der Waals surface area contributed by atoms with Gasteiger partial charge in [-0.15, -0.1) is 0 Å². The second-order valence-corrected chi connectivity index (χ2v) is 6.73. The molecule has 1 saturated heterocycles. The van der Waals surface area contributed by atoms with Crippen LogP contribution in [0.5, 0.6) is 5.75 Å². The van der Waals surface area contributed by atoms with E-state index in [2.05, 4.69) is 10.0 Å². The normalized spacial score (nSPS) is 20.3. The summed E-state index contributed by atoms with van der Waals surface area (Å²) in [7, 11) is -3.32. The van der Waals surface area contributed by atoms with Crippen molar-refractivity contribution in [2.75, 3.05) is 12.3 Å². The fourth-order valence-corrected chi connectivity index (χ4v) is 3.55. The maximum absolute atomic E-state index is 12.0. The average Bonchev–Trinajstić information content (AvgIpc) is 2.38. The molecule has 1 heterocycles.